The molecule has 1 fully saturated rings. The third-order valence-corrected chi connectivity index (χ3v) is 7.89. The van der Waals surface area contributed by atoms with Crippen LogP contribution >= 0.6 is 0 Å². The molecule has 0 spiro atoms. The third kappa shape index (κ3) is 7.19. The van der Waals surface area contributed by atoms with Gasteiger partial charge in [0.2, 0.25) is 5.82 Å². The third-order valence-electron chi connectivity index (χ3n) is 7.89. The standard InChI is InChI=1S/C30H35F4N3O4/c1-36(2)25-18-35-24-5-4-20(40-3)16-21(24)28(25)22(32)6-7-30(17-27(38)39)8-10-37(11-9-30)12-13-41-26-15-19(31)14-23(33)29(26)34/h4-5,14-16,18,22H,6-13,17H2,1-3H3,(H,38,39). The Morgan fingerprint density at radius 1 is 1.17 bits per heavy atom. The molecule has 11 heteroatoms. The molecular weight excluding hydrogens is 542 g/mol. The van der Waals surface area contributed by atoms with E-state index in [1.807, 2.05) is 23.9 Å². The average molecular weight is 578 g/mol. The van der Waals surface area contributed by atoms with Crippen LogP contribution in [0.4, 0.5) is 23.2 Å². The fraction of sp³-hybridized carbons (Fsp3) is 0.467. The minimum atomic E-state index is -1.36. The number of carboxylic acids is 1. The van der Waals surface area contributed by atoms with Crippen LogP contribution in [-0.2, 0) is 4.79 Å². The lowest BCUT2D eigenvalue weighted by molar-refractivity contribution is -0.141. The zero-order valence-corrected chi connectivity index (χ0v) is 23.4. The van der Waals surface area contributed by atoms with E-state index in [9.17, 15) is 23.1 Å². The number of hydrogen-bond donors (Lipinski definition) is 1. The molecule has 41 heavy (non-hydrogen) atoms. The summed E-state index contributed by atoms with van der Waals surface area (Å²) in [6.07, 6.45) is 1.78. The van der Waals surface area contributed by atoms with Crippen LogP contribution in [0.15, 0.2) is 36.5 Å². The highest BCUT2D eigenvalue weighted by Gasteiger charge is 2.37. The highest BCUT2D eigenvalue weighted by Crippen LogP contribution is 2.44. The molecular formula is C30H35F4N3O4. The van der Waals surface area contributed by atoms with Gasteiger partial charge >= 0.3 is 5.97 Å². The Morgan fingerprint density at radius 3 is 2.56 bits per heavy atom. The summed E-state index contributed by atoms with van der Waals surface area (Å²) in [6, 6.07) is 6.58. The van der Waals surface area contributed by atoms with Crippen molar-refractivity contribution in [2.75, 3.05) is 52.3 Å². The topological polar surface area (TPSA) is 75.1 Å². The van der Waals surface area contributed by atoms with Crippen molar-refractivity contribution in [2.45, 2.75) is 38.3 Å². The van der Waals surface area contributed by atoms with E-state index in [1.165, 1.54) is 0 Å². The first kappa shape index (κ1) is 30.4. The second-order valence-electron chi connectivity index (χ2n) is 10.8. The van der Waals surface area contributed by atoms with Gasteiger partial charge in [0.15, 0.2) is 11.6 Å². The molecule has 1 atom stereocenters. The van der Waals surface area contributed by atoms with Crippen molar-refractivity contribution in [3.05, 3.63) is 59.5 Å². The number of pyridine rings is 1. The Morgan fingerprint density at radius 2 is 1.90 bits per heavy atom. The lowest BCUT2D eigenvalue weighted by Gasteiger charge is -2.41. The van der Waals surface area contributed by atoms with E-state index < -0.39 is 40.8 Å². The van der Waals surface area contributed by atoms with Crippen LogP contribution in [0.5, 0.6) is 11.5 Å². The van der Waals surface area contributed by atoms with E-state index in [0.29, 0.717) is 72.9 Å². The molecule has 1 aliphatic rings. The van der Waals surface area contributed by atoms with E-state index in [0.717, 1.165) is 6.07 Å². The second kappa shape index (κ2) is 12.9. The highest BCUT2D eigenvalue weighted by molar-refractivity contribution is 5.88. The lowest BCUT2D eigenvalue weighted by Crippen LogP contribution is -2.42. The van der Waals surface area contributed by atoms with Crippen molar-refractivity contribution in [2.24, 2.45) is 5.41 Å². The van der Waals surface area contributed by atoms with Crippen molar-refractivity contribution in [1.82, 2.24) is 9.88 Å². The molecule has 222 valence electrons. The number of halogens is 4. The number of fused-ring (bicyclic) bond motifs is 1. The molecule has 2 aromatic carbocycles. The number of benzene rings is 2. The molecule has 1 unspecified atom stereocenters. The van der Waals surface area contributed by atoms with E-state index in [2.05, 4.69) is 4.98 Å². The van der Waals surface area contributed by atoms with E-state index in [1.54, 1.807) is 31.5 Å². The van der Waals surface area contributed by atoms with Crippen LogP contribution in [-0.4, -0.2) is 68.4 Å². The van der Waals surface area contributed by atoms with Crippen LogP contribution in [0.1, 0.15) is 43.8 Å². The molecule has 0 saturated carbocycles. The number of ether oxygens (including phenoxy) is 2. The normalized spacial score (nSPS) is 16.0. The molecule has 0 aliphatic carbocycles. The number of carboxylic acid groups (broad SMARTS) is 1. The number of piperidine rings is 1. The smallest absolute Gasteiger partial charge is 0.303 e. The SMILES string of the molecule is COc1ccc2ncc(N(C)C)c(C(F)CCC3(CC(=O)O)CCN(CCOc4cc(F)cc(F)c4F)CC3)c2c1. The van der Waals surface area contributed by atoms with Crippen LogP contribution in [0, 0.1) is 22.9 Å². The van der Waals surface area contributed by atoms with E-state index in [-0.39, 0.29) is 19.4 Å². The minimum Gasteiger partial charge on any atom is -0.497 e. The molecule has 1 N–H and O–H groups in total. The molecule has 4 rings (SSSR count). The largest absolute Gasteiger partial charge is 0.497 e. The van der Waals surface area contributed by atoms with Gasteiger partial charge in [-0.15, -0.1) is 0 Å². The number of aliphatic carboxylic acids is 1. The fourth-order valence-electron chi connectivity index (χ4n) is 5.58. The van der Waals surface area contributed by atoms with Crippen LogP contribution in [0.3, 0.4) is 0 Å². The van der Waals surface area contributed by atoms with Crippen molar-refractivity contribution < 1.29 is 36.9 Å². The molecule has 1 aliphatic heterocycles. The number of rotatable bonds is 12. The molecule has 7 nitrogen and oxygen atoms in total. The van der Waals surface area contributed by atoms with Crippen molar-refractivity contribution in [3.63, 3.8) is 0 Å². The van der Waals surface area contributed by atoms with Gasteiger partial charge in [-0.05, 0) is 62.4 Å². The maximum Gasteiger partial charge on any atom is 0.303 e. The number of methoxy groups -OCH3 is 1. The van der Waals surface area contributed by atoms with Gasteiger partial charge < -0.3 is 19.5 Å². The zero-order chi connectivity index (χ0) is 29.7. The molecule has 0 radical (unpaired) electrons. The maximum absolute atomic E-state index is 16.1. The minimum absolute atomic E-state index is 0.00416. The number of likely N-dealkylation sites (tertiary alicyclic amines) is 1. The first-order valence-electron chi connectivity index (χ1n) is 13.5. The number of carbonyl (C=O) groups is 1. The summed E-state index contributed by atoms with van der Waals surface area (Å²) in [5.41, 5.74) is 1.20. The Bertz CT molecular complexity index is 1380. The molecule has 2 heterocycles. The Hall–Kier alpha value is -3.60. The maximum atomic E-state index is 16.1. The average Bonchev–Trinajstić information content (AvgIpc) is 2.94. The number of anilines is 1. The number of aromatic nitrogens is 1. The quantitative estimate of drug-likeness (QED) is 0.204. The first-order chi connectivity index (χ1) is 19.5. The zero-order valence-electron chi connectivity index (χ0n) is 23.4. The van der Waals surface area contributed by atoms with Gasteiger partial charge in [0.1, 0.15) is 24.3 Å². The van der Waals surface area contributed by atoms with Crippen molar-refractivity contribution >= 4 is 22.6 Å². The molecule has 3 aromatic rings. The molecule has 0 bridgehead atoms. The van der Waals surface area contributed by atoms with Gasteiger partial charge in [0.05, 0.1) is 30.9 Å². The summed E-state index contributed by atoms with van der Waals surface area (Å²) in [5, 5.41) is 10.3. The Kier molecular flexibility index (Phi) is 9.57. The summed E-state index contributed by atoms with van der Waals surface area (Å²) in [7, 11) is 5.19. The van der Waals surface area contributed by atoms with Crippen LogP contribution in [0.2, 0.25) is 0 Å². The summed E-state index contributed by atoms with van der Waals surface area (Å²) >= 11 is 0. The van der Waals surface area contributed by atoms with Gasteiger partial charge in [-0.25, -0.2) is 13.2 Å². The predicted molar refractivity (Wildman–Crippen MR) is 148 cm³/mol. The van der Waals surface area contributed by atoms with Crippen molar-refractivity contribution in [1.29, 1.82) is 0 Å². The monoisotopic (exact) mass is 577 g/mol. The highest BCUT2D eigenvalue weighted by atomic mass is 19.2. The van der Waals surface area contributed by atoms with Gasteiger partial charge in [-0.2, -0.15) is 4.39 Å². The van der Waals surface area contributed by atoms with Crippen molar-refractivity contribution in [3.8, 4) is 11.5 Å². The first-order valence-corrected chi connectivity index (χ1v) is 13.5. The number of nitrogens with zero attached hydrogens (tertiary/aromatic N) is 3. The predicted octanol–water partition coefficient (Wildman–Crippen LogP) is 6.15. The van der Waals surface area contributed by atoms with Crippen LogP contribution in [0.25, 0.3) is 10.9 Å². The van der Waals surface area contributed by atoms with Crippen LogP contribution < -0.4 is 14.4 Å². The lowest BCUT2D eigenvalue weighted by atomic mass is 9.71. The summed E-state index contributed by atoms with van der Waals surface area (Å²) in [5.74, 6) is -4.34. The summed E-state index contributed by atoms with van der Waals surface area (Å²) in [6.45, 7) is 1.44. The molecule has 0 amide bonds. The van der Waals surface area contributed by atoms with Gasteiger partial charge in [-0.3, -0.25) is 14.7 Å². The molecule has 1 saturated heterocycles. The number of hydrogen-bond acceptors (Lipinski definition) is 6. The van der Waals surface area contributed by atoms with Gasteiger partial charge in [-0.1, -0.05) is 0 Å². The van der Waals surface area contributed by atoms with E-state index >= 15 is 4.39 Å². The van der Waals surface area contributed by atoms with Gasteiger partial charge in [0.25, 0.3) is 0 Å². The Labute approximate surface area is 236 Å². The molecule has 1 aromatic heterocycles. The summed E-state index contributed by atoms with van der Waals surface area (Å²) < 4.78 is 67.4. The summed E-state index contributed by atoms with van der Waals surface area (Å²) in [4.78, 5) is 20.1. The van der Waals surface area contributed by atoms with E-state index in [4.69, 9.17) is 9.47 Å². The van der Waals surface area contributed by atoms with Gasteiger partial charge in [0, 0.05) is 43.7 Å². The Balaban J connectivity index is 1.43. The number of alkyl halides is 1. The fourth-order valence-corrected chi connectivity index (χ4v) is 5.58. The second-order valence-corrected chi connectivity index (χ2v) is 10.8.